The molecule has 1 aromatic carbocycles. The van der Waals surface area contributed by atoms with Crippen molar-refractivity contribution in [3.05, 3.63) is 47.6 Å². The number of allylic oxidation sites excluding steroid dienone is 2. The third-order valence-corrected chi connectivity index (χ3v) is 4.52. The molecule has 1 saturated heterocycles. The van der Waals surface area contributed by atoms with Gasteiger partial charge in [0, 0.05) is 6.54 Å². The third-order valence-electron chi connectivity index (χ3n) is 4.01. The molecule has 0 saturated carbocycles. The number of likely N-dealkylation sites (N-methyl/N-ethyl adjacent to an activating group) is 1. The molecule has 1 aliphatic heterocycles. The van der Waals surface area contributed by atoms with Crippen molar-refractivity contribution in [3.63, 3.8) is 0 Å². The maximum Gasteiger partial charge on any atom is 0.262 e. The zero-order valence-electron chi connectivity index (χ0n) is 14.1. The molecular formula is C19H21NO3S. The fourth-order valence-corrected chi connectivity index (χ4v) is 3.11. The van der Waals surface area contributed by atoms with Gasteiger partial charge in [-0.1, -0.05) is 43.4 Å². The minimum absolute atomic E-state index is 0.184. The highest BCUT2D eigenvalue weighted by Gasteiger charge is 2.39. The molecule has 2 rings (SSSR count). The molecular weight excluding hydrogens is 322 g/mol. The van der Waals surface area contributed by atoms with Crippen LogP contribution < -0.4 is 4.74 Å². The van der Waals surface area contributed by atoms with Crippen molar-refractivity contribution in [2.24, 2.45) is 5.92 Å². The van der Waals surface area contributed by atoms with Gasteiger partial charge < -0.3 is 9.64 Å². The summed E-state index contributed by atoms with van der Waals surface area (Å²) in [6.07, 6.45) is 5.75. The zero-order valence-corrected chi connectivity index (χ0v) is 14.9. The summed E-state index contributed by atoms with van der Waals surface area (Å²) in [5.74, 6) is -0.104. The van der Waals surface area contributed by atoms with E-state index < -0.39 is 5.92 Å². The number of hydrogen-bond acceptors (Lipinski definition) is 4. The van der Waals surface area contributed by atoms with Gasteiger partial charge in [-0.15, -0.1) is 0 Å². The second kappa shape index (κ2) is 8.02. The Morgan fingerprint density at radius 2 is 1.88 bits per heavy atom. The minimum atomic E-state index is -0.390. The Bertz CT molecular complexity index is 676. The summed E-state index contributed by atoms with van der Waals surface area (Å²) in [6, 6.07) is 7.52. The molecule has 1 fully saturated rings. The molecule has 1 aliphatic rings. The van der Waals surface area contributed by atoms with E-state index in [0.717, 1.165) is 11.3 Å². The molecule has 0 aromatic heterocycles. The van der Waals surface area contributed by atoms with Crippen LogP contribution in [0.3, 0.4) is 0 Å². The fourth-order valence-electron chi connectivity index (χ4n) is 2.62. The number of carbonyl (C=O) groups excluding carboxylic acids is 2. The van der Waals surface area contributed by atoms with Gasteiger partial charge in [0.25, 0.3) is 5.91 Å². The molecule has 4 nitrogen and oxygen atoms in total. The molecule has 0 N–H and O–H groups in total. The van der Waals surface area contributed by atoms with Crippen molar-refractivity contribution in [2.45, 2.75) is 20.3 Å². The molecule has 5 heteroatoms. The topological polar surface area (TPSA) is 46.6 Å². The second-order valence-corrected chi connectivity index (χ2v) is 5.84. The fraction of sp³-hybridized carbons (Fsp3) is 0.316. The van der Waals surface area contributed by atoms with Gasteiger partial charge in [0.05, 0.1) is 23.6 Å². The lowest BCUT2D eigenvalue weighted by Crippen LogP contribution is -2.49. The van der Waals surface area contributed by atoms with E-state index in [2.05, 4.69) is 0 Å². The molecule has 0 aliphatic carbocycles. The Morgan fingerprint density at radius 1 is 1.21 bits per heavy atom. The van der Waals surface area contributed by atoms with Crippen molar-refractivity contribution in [2.75, 3.05) is 13.7 Å². The van der Waals surface area contributed by atoms with E-state index >= 15 is 0 Å². The number of likely N-dealkylation sites (tertiary alicyclic amines) is 1. The predicted octanol–water partition coefficient (Wildman–Crippen LogP) is 3.42. The molecule has 24 heavy (non-hydrogen) atoms. The Morgan fingerprint density at radius 3 is 2.42 bits per heavy atom. The van der Waals surface area contributed by atoms with Gasteiger partial charge in [-0.25, -0.2) is 0 Å². The first-order valence-corrected chi connectivity index (χ1v) is 8.36. The zero-order chi connectivity index (χ0) is 17.7. The summed E-state index contributed by atoms with van der Waals surface area (Å²) >= 11 is 5.29. The van der Waals surface area contributed by atoms with Crippen molar-refractivity contribution in [3.8, 4) is 5.75 Å². The minimum Gasteiger partial charge on any atom is -0.497 e. The lowest BCUT2D eigenvalue weighted by atomic mass is 9.89. The van der Waals surface area contributed by atoms with Gasteiger partial charge in [0.1, 0.15) is 5.75 Å². The number of methoxy groups -OCH3 is 1. The molecule has 1 unspecified atom stereocenters. The number of Topliss-reactive ketones (excluding diaryl/α,β-unsaturated/α-hetero) is 1. The number of rotatable bonds is 5. The van der Waals surface area contributed by atoms with Crippen molar-refractivity contribution in [1.29, 1.82) is 0 Å². The summed E-state index contributed by atoms with van der Waals surface area (Å²) in [5.41, 5.74) is 1.15. The Balaban J connectivity index is 2.25. The molecule has 126 valence electrons. The van der Waals surface area contributed by atoms with Crippen molar-refractivity contribution in [1.82, 2.24) is 4.90 Å². The Hall–Kier alpha value is -2.27. The number of ether oxygens (including phenoxy) is 1. The molecule has 0 bridgehead atoms. The molecule has 1 atom stereocenters. The summed E-state index contributed by atoms with van der Waals surface area (Å²) in [4.78, 5) is 26.9. The first-order chi connectivity index (χ1) is 11.5. The van der Waals surface area contributed by atoms with Crippen molar-refractivity contribution >= 4 is 35.0 Å². The number of ketones is 1. The van der Waals surface area contributed by atoms with E-state index in [0.29, 0.717) is 18.0 Å². The second-order valence-electron chi connectivity index (χ2n) is 5.43. The predicted molar refractivity (Wildman–Crippen MR) is 98.9 cm³/mol. The molecule has 1 amide bonds. The van der Waals surface area contributed by atoms with Crippen LogP contribution in [-0.4, -0.2) is 35.2 Å². The highest BCUT2D eigenvalue weighted by Crippen LogP contribution is 2.24. The van der Waals surface area contributed by atoms with Gasteiger partial charge >= 0.3 is 0 Å². The normalized spacial score (nSPS) is 20.3. The van der Waals surface area contributed by atoms with Crippen LogP contribution in [0.1, 0.15) is 25.8 Å². The van der Waals surface area contributed by atoms with Crippen LogP contribution in [0.5, 0.6) is 5.75 Å². The van der Waals surface area contributed by atoms with Gasteiger partial charge in [-0.3, -0.25) is 9.59 Å². The highest BCUT2D eigenvalue weighted by molar-refractivity contribution is 7.80. The molecule has 1 aromatic rings. The van der Waals surface area contributed by atoms with E-state index in [-0.39, 0.29) is 17.3 Å². The molecule has 1 heterocycles. The van der Waals surface area contributed by atoms with Crippen LogP contribution in [0.15, 0.2) is 42.0 Å². The number of piperidine rings is 1. The van der Waals surface area contributed by atoms with E-state index in [1.54, 1.807) is 19.3 Å². The number of carbonyl (C=O) groups is 2. The lowest BCUT2D eigenvalue weighted by molar-refractivity contribution is -0.129. The van der Waals surface area contributed by atoms with E-state index in [1.807, 2.05) is 44.2 Å². The van der Waals surface area contributed by atoms with E-state index in [1.165, 1.54) is 4.90 Å². The summed E-state index contributed by atoms with van der Waals surface area (Å²) in [5, 5.41) is 0. The average Bonchev–Trinajstić information content (AvgIpc) is 2.59. The van der Waals surface area contributed by atoms with Crippen LogP contribution in [0.2, 0.25) is 0 Å². The maximum absolute atomic E-state index is 12.5. The first kappa shape index (κ1) is 18.1. The molecule has 0 spiro atoms. The molecule has 0 radical (unpaired) electrons. The van der Waals surface area contributed by atoms with E-state index in [9.17, 15) is 9.59 Å². The van der Waals surface area contributed by atoms with Gasteiger partial charge in [-0.2, -0.15) is 0 Å². The Kier molecular flexibility index (Phi) is 6.04. The monoisotopic (exact) mass is 343 g/mol. The number of nitrogens with zero attached hydrogens (tertiary/aromatic N) is 1. The lowest BCUT2D eigenvalue weighted by Gasteiger charge is -2.32. The highest BCUT2D eigenvalue weighted by atomic mass is 32.1. The Labute approximate surface area is 147 Å². The van der Waals surface area contributed by atoms with Gasteiger partial charge in [0.15, 0.2) is 5.78 Å². The largest absolute Gasteiger partial charge is 0.497 e. The maximum atomic E-state index is 12.5. The van der Waals surface area contributed by atoms with Gasteiger partial charge in [-0.05, 0) is 37.1 Å². The number of thiocarbonyl (C=S) groups is 1. The SMILES string of the molecule is CCC1C(=O)/C(=C\C=C\c2ccc(OC)cc2)C(=O)N(CC)C1=S. The first-order valence-electron chi connectivity index (χ1n) is 7.95. The van der Waals surface area contributed by atoms with Crippen molar-refractivity contribution < 1.29 is 14.3 Å². The van der Waals surface area contributed by atoms with Gasteiger partial charge in [0.2, 0.25) is 0 Å². The van der Waals surface area contributed by atoms with E-state index in [4.69, 9.17) is 17.0 Å². The van der Waals surface area contributed by atoms with Crippen LogP contribution in [0.25, 0.3) is 6.08 Å². The number of amides is 1. The number of benzene rings is 1. The smallest absolute Gasteiger partial charge is 0.262 e. The van der Waals surface area contributed by atoms with Crippen LogP contribution in [-0.2, 0) is 9.59 Å². The third kappa shape index (κ3) is 3.62. The van der Waals surface area contributed by atoms with Crippen LogP contribution in [0.4, 0.5) is 0 Å². The van der Waals surface area contributed by atoms with Crippen LogP contribution in [0, 0.1) is 5.92 Å². The summed E-state index contributed by atoms with van der Waals surface area (Å²) in [7, 11) is 1.61. The summed E-state index contributed by atoms with van der Waals surface area (Å²) < 4.78 is 5.11. The standard InChI is InChI=1S/C19H21NO3S/c1-4-15-17(21)16(18(22)20(5-2)19(15)24)8-6-7-13-9-11-14(23-3)12-10-13/h6-12,15H,4-5H2,1-3H3/b7-6+,16-8+. The number of hydrogen-bond donors (Lipinski definition) is 0. The average molecular weight is 343 g/mol. The van der Waals surface area contributed by atoms with Crippen LogP contribution >= 0.6 is 12.2 Å². The summed E-state index contributed by atoms with van der Waals surface area (Å²) in [6.45, 7) is 4.24. The quantitative estimate of drug-likeness (QED) is 0.467.